The predicted octanol–water partition coefficient (Wildman–Crippen LogP) is 3.76. The third-order valence-electron chi connectivity index (χ3n) is 4.52. The van der Waals surface area contributed by atoms with Crippen molar-refractivity contribution in [3.8, 4) is 5.75 Å². The fourth-order valence-corrected chi connectivity index (χ4v) is 3.26. The van der Waals surface area contributed by atoms with Crippen LogP contribution in [0.3, 0.4) is 0 Å². The van der Waals surface area contributed by atoms with Crippen molar-refractivity contribution in [2.24, 2.45) is 0 Å². The summed E-state index contributed by atoms with van der Waals surface area (Å²) in [6.45, 7) is 3.59. The van der Waals surface area contributed by atoms with Gasteiger partial charge in [-0.1, -0.05) is 17.7 Å². The van der Waals surface area contributed by atoms with Crippen LogP contribution in [0.1, 0.15) is 24.0 Å². The van der Waals surface area contributed by atoms with E-state index in [9.17, 15) is 4.79 Å². The molecule has 0 aliphatic carbocycles. The smallest absolute Gasteiger partial charge is 0.243 e. The fraction of sp³-hybridized carbons (Fsp3) is 0.381. The molecule has 5 nitrogen and oxygen atoms in total. The molecule has 138 valence electrons. The number of aryl methyl sites for hydroxylation is 2. The summed E-state index contributed by atoms with van der Waals surface area (Å²) in [4.78, 5) is 14.7. The molecule has 2 aromatic rings. The number of rotatable bonds is 6. The van der Waals surface area contributed by atoms with E-state index < -0.39 is 0 Å². The van der Waals surface area contributed by atoms with Gasteiger partial charge in [0.15, 0.2) is 6.79 Å². The summed E-state index contributed by atoms with van der Waals surface area (Å²) in [5.41, 5.74) is 4.56. The number of hydrogen-bond acceptors (Lipinski definition) is 4. The second-order valence-corrected chi connectivity index (χ2v) is 6.63. The average molecular weight is 354 g/mol. The van der Waals surface area contributed by atoms with Crippen LogP contribution in [0.25, 0.3) is 0 Å². The molecule has 2 aromatic carbocycles. The van der Waals surface area contributed by atoms with Crippen molar-refractivity contribution >= 4 is 17.3 Å². The topological polar surface area (TPSA) is 50.8 Å². The zero-order chi connectivity index (χ0) is 18.4. The Bertz CT molecular complexity index is 743. The summed E-state index contributed by atoms with van der Waals surface area (Å²) >= 11 is 0. The van der Waals surface area contributed by atoms with E-state index in [0.717, 1.165) is 31.5 Å². The molecule has 0 aromatic heterocycles. The van der Waals surface area contributed by atoms with Gasteiger partial charge in [-0.3, -0.25) is 4.79 Å². The van der Waals surface area contributed by atoms with E-state index in [4.69, 9.17) is 9.47 Å². The molecule has 0 fully saturated rings. The van der Waals surface area contributed by atoms with E-state index in [-0.39, 0.29) is 12.7 Å². The number of amides is 1. The van der Waals surface area contributed by atoms with Crippen molar-refractivity contribution in [1.29, 1.82) is 0 Å². The van der Waals surface area contributed by atoms with E-state index in [2.05, 4.69) is 35.3 Å². The first kappa shape index (κ1) is 18.3. The first-order chi connectivity index (χ1) is 12.7. The lowest BCUT2D eigenvalue weighted by molar-refractivity contribution is -0.115. The minimum Gasteiger partial charge on any atom is -0.468 e. The van der Waals surface area contributed by atoms with Crippen molar-refractivity contribution in [3.63, 3.8) is 0 Å². The standard InChI is InChI=1S/C21H26N2O3/c1-16-6-11-20-17(13-16)5-3-4-12-23(20)14-21(24)22-18-7-9-19(10-8-18)26-15-25-2/h6-11,13H,3-5,12,14-15H2,1-2H3,(H,22,24). The van der Waals surface area contributed by atoms with Crippen LogP contribution < -0.4 is 15.0 Å². The van der Waals surface area contributed by atoms with Gasteiger partial charge in [0.1, 0.15) is 5.75 Å². The Balaban J connectivity index is 1.63. The Morgan fingerprint density at radius 3 is 2.73 bits per heavy atom. The summed E-state index contributed by atoms with van der Waals surface area (Å²) in [6, 6.07) is 13.8. The van der Waals surface area contributed by atoms with Gasteiger partial charge in [-0.05, 0) is 62.1 Å². The summed E-state index contributed by atoms with van der Waals surface area (Å²) in [6.07, 6.45) is 3.35. The summed E-state index contributed by atoms with van der Waals surface area (Å²) in [5, 5.41) is 2.97. The Hall–Kier alpha value is -2.53. The number of fused-ring (bicyclic) bond motifs is 1. The lowest BCUT2D eigenvalue weighted by Crippen LogP contribution is -2.34. The molecule has 1 aliphatic heterocycles. The Labute approximate surface area is 154 Å². The zero-order valence-electron chi connectivity index (χ0n) is 15.5. The second kappa shape index (κ2) is 8.72. The number of anilines is 2. The van der Waals surface area contributed by atoms with Crippen LogP contribution in [0.4, 0.5) is 11.4 Å². The Morgan fingerprint density at radius 2 is 1.96 bits per heavy atom. The highest BCUT2D eigenvalue weighted by Gasteiger charge is 2.18. The van der Waals surface area contributed by atoms with Gasteiger partial charge in [-0.15, -0.1) is 0 Å². The fourth-order valence-electron chi connectivity index (χ4n) is 3.26. The molecule has 26 heavy (non-hydrogen) atoms. The number of benzene rings is 2. The van der Waals surface area contributed by atoms with Crippen LogP contribution in [0, 0.1) is 6.92 Å². The van der Waals surface area contributed by atoms with Crippen LogP contribution in [-0.4, -0.2) is 32.9 Å². The van der Waals surface area contributed by atoms with Crippen molar-refractivity contribution in [3.05, 3.63) is 53.6 Å². The average Bonchev–Trinajstić information content (AvgIpc) is 2.83. The number of nitrogens with zero attached hydrogens (tertiary/aromatic N) is 1. The molecule has 1 N–H and O–H groups in total. The van der Waals surface area contributed by atoms with Gasteiger partial charge in [0, 0.05) is 25.0 Å². The van der Waals surface area contributed by atoms with Gasteiger partial charge in [0.2, 0.25) is 5.91 Å². The number of carbonyl (C=O) groups is 1. The van der Waals surface area contributed by atoms with Gasteiger partial charge < -0.3 is 19.7 Å². The first-order valence-corrected chi connectivity index (χ1v) is 9.02. The summed E-state index contributed by atoms with van der Waals surface area (Å²) in [7, 11) is 1.58. The third-order valence-corrected chi connectivity index (χ3v) is 4.52. The molecule has 1 amide bonds. The number of carbonyl (C=O) groups excluding carboxylic acids is 1. The monoisotopic (exact) mass is 354 g/mol. The molecular weight excluding hydrogens is 328 g/mol. The lowest BCUT2D eigenvalue weighted by atomic mass is 10.0. The minimum absolute atomic E-state index is 0.0102. The van der Waals surface area contributed by atoms with Crippen molar-refractivity contribution in [2.45, 2.75) is 26.2 Å². The highest BCUT2D eigenvalue weighted by molar-refractivity contribution is 5.94. The third kappa shape index (κ3) is 4.76. The molecule has 1 heterocycles. The lowest BCUT2D eigenvalue weighted by Gasteiger charge is -2.24. The maximum Gasteiger partial charge on any atom is 0.243 e. The maximum absolute atomic E-state index is 12.5. The Kier molecular flexibility index (Phi) is 6.12. The van der Waals surface area contributed by atoms with Gasteiger partial charge >= 0.3 is 0 Å². The molecule has 0 bridgehead atoms. The molecule has 1 aliphatic rings. The van der Waals surface area contributed by atoms with Crippen LogP contribution in [0.5, 0.6) is 5.75 Å². The van der Waals surface area contributed by atoms with E-state index in [1.165, 1.54) is 16.8 Å². The van der Waals surface area contributed by atoms with E-state index in [1.807, 2.05) is 24.3 Å². The molecule has 0 atom stereocenters. The van der Waals surface area contributed by atoms with Gasteiger partial charge in [0.25, 0.3) is 0 Å². The normalized spacial score (nSPS) is 13.7. The summed E-state index contributed by atoms with van der Waals surface area (Å²) < 4.78 is 10.2. The largest absolute Gasteiger partial charge is 0.468 e. The predicted molar refractivity (Wildman–Crippen MR) is 104 cm³/mol. The SMILES string of the molecule is COCOc1ccc(NC(=O)CN2CCCCc3cc(C)ccc32)cc1. The second-order valence-electron chi connectivity index (χ2n) is 6.63. The van der Waals surface area contributed by atoms with Crippen molar-refractivity contribution in [1.82, 2.24) is 0 Å². The highest BCUT2D eigenvalue weighted by atomic mass is 16.7. The highest BCUT2D eigenvalue weighted by Crippen LogP contribution is 2.27. The molecule has 0 unspecified atom stereocenters. The van der Waals surface area contributed by atoms with Crippen LogP contribution in [-0.2, 0) is 16.0 Å². The number of methoxy groups -OCH3 is 1. The maximum atomic E-state index is 12.5. The minimum atomic E-state index is -0.0102. The van der Waals surface area contributed by atoms with Crippen molar-refractivity contribution in [2.75, 3.05) is 37.2 Å². The number of hydrogen-bond donors (Lipinski definition) is 1. The number of nitrogens with one attached hydrogen (secondary N) is 1. The number of ether oxygens (including phenoxy) is 2. The van der Waals surface area contributed by atoms with Gasteiger partial charge in [-0.2, -0.15) is 0 Å². The van der Waals surface area contributed by atoms with Gasteiger partial charge in [-0.25, -0.2) is 0 Å². The van der Waals surface area contributed by atoms with Crippen LogP contribution >= 0.6 is 0 Å². The van der Waals surface area contributed by atoms with E-state index in [0.29, 0.717) is 12.3 Å². The molecule has 3 rings (SSSR count). The molecule has 0 spiro atoms. The zero-order valence-corrected chi connectivity index (χ0v) is 15.5. The Morgan fingerprint density at radius 1 is 1.15 bits per heavy atom. The van der Waals surface area contributed by atoms with Gasteiger partial charge in [0.05, 0.1) is 6.54 Å². The summed E-state index contributed by atoms with van der Waals surface area (Å²) in [5.74, 6) is 0.700. The molecule has 0 saturated heterocycles. The first-order valence-electron chi connectivity index (χ1n) is 9.02. The quantitative estimate of drug-likeness (QED) is 0.803. The molecular formula is C21H26N2O3. The molecule has 5 heteroatoms. The van der Waals surface area contributed by atoms with E-state index >= 15 is 0 Å². The molecule has 0 radical (unpaired) electrons. The van der Waals surface area contributed by atoms with Crippen LogP contribution in [0.2, 0.25) is 0 Å². The van der Waals surface area contributed by atoms with Crippen molar-refractivity contribution < 1.29 is 14.3 Å². The molecule has 0 saturated carbocycles. The van der Waals surface area contributed by atoms with Crippen LogP contribution in [0.15, 0.2) is 42.5 Å². The van der Waals surface area contributed by atoms with E-state index in [1.54, 1.807) is 7.11 Å².